The van der Waals surface area contributed by atoms with E-state index in [2.05, 4.69) is 43.2 Å². The van der Waals surface area contributed by atoms with Crippen LogP contribution >= 0.6 is 21.6 Å². The Bertz CT molecular complexity index is 517. The van der Waals surface area contributed by atoms with Crippen LogP contribution in [-0.2, 0) is 15.5 Å². The lowest BCUT2D eigenvalue weighted by atomic mass is 10.3. The Labute approximate surface area is 138 Å². The van der Waals surface area contributed by atoms with E-state index in [0.29, 0.717) is 24.7 Å². The van der Waals surface area contributed by atoms with Crippen molar-refractivity contribution in [2.24, 2.45) is 0 Å². The number of ether oxygens (including phenoxy) is 1. The van der Waals surface area contributed by atoms with Crippen LogP contribution in [0.3, 0.4) is 0 Å². The average molecular weight is 347 g/mol. The molecular weight excluding hydrogens is 320 g/mol. The first-order chi connectivity index (χ1) is 10.2. The van der Waals surface area contributed by atoms with E-state index in [0.717, 1.165) is 30.2 Å². The number of aldehydes is 1. The quantitative estimate of drug-likeness (QED) is 0.767. The van der Waals surface area contributed by atoms with Crippen molar-refractivity contribution < 1.29 is 13.7 Å². The molecule has 0 bridgehead atoms. The molecule has 0 spiro atoms. The summed E-state index contributed by atoms with van der Waals surface area (Å²) in [5.41, 5.74) is 0.756. The molecule has 22 heavy (non-hydrogen) atoms. The summed E-state index contributed by atoms with van der Waals surface area (Å²) in [5, 5.41) is 0.896. The van der Waals surface area contributed by atoms with Gasteiger partial charge in [0.05, 0.1) is 23.8 Å². The van der Waals surface area contributed by atoms with E-state index in [9.17, 15) is 4.79 Å². The van der Waals surface area contributed by atoms with Gasteiger partial charge in [0, 0.05) is 17.8 Å². The number of carbonyl (C=O) groups is 1. The third-order valence-corrected chi connectivity index (χ3v) is 8.81. The molecule has 0 aliphatic carbocycles. The Morgan fingerprint density at radius 1 is 1.36 bits per heavy atom. The zero-order chi connectivity index (χ0) is 16.4. The normalized spacial score (nSPS) is 17.6. The molecule has 1 aliphatic heterocycles. The number of morpholine rings is 1. The minimum Gasteiger partial charge on any atom is -0.378 e. The van der Waals surface area contributed by atoms with Crippen LogP contribution in [0.25, 0.3) is 0 Å². The Kier molecular flexibility index (Phi) is 5.53. The van der Waals surface area contributed by atoms with Gasteiger partial charge in [0.1, 0.15) is 6.61 Å². The Morgan fingerprint density at radius 3 is 2.55 bits per heavy atom. The predicted molar refractivity (Wildman–Crippen MR) is 94.5 cm³/mol. The topological polar surface area (TPSA) is 51.7 Å². The van der Waals surface area contributed by atoms with E-state index in [1.165, 1.54) is 11.3 Å². The van der Waals surface area contributed by atoms with Crippen molar-refractivity contribution in [3.05, 3.63) is 10.6 Å². The minimum atomic E-state index is -1.22. The molecule has 0 N–H and O–H groups in total. The Hall–Kier alpha value is -0.630. The van der Waals surface area contributed by atoms with Gasteiger partial charge in [-0.05, 0) is 12.5 Å². The predicted octanol–water partition coefficient (Wildman–Crippen LogP) is 3.09. The number of anilines is 1. The van der Waals surface area contributed by atoms with E-state index in [1.807, 2.05) is 0 Å². The summed E-state index contributed by atoms with van der Waals surface area (Å²) in [5.74, 6) is 0. The summed E-state index contributed by atoms with van der Waals surface area (Å²) in [4.78, 5) is 18.8. The van der Waals surface area contributed by atoms with E-state index in [4.69, 9.17) is 8.92 Å². The fraction of sp³-hybridized carbons (Fsp3) is 0.733. The highest BCUT2D eigenvalue weighted by Crippen LogP contribution is 2.54. The van der Waals surface area contributed by atoms with Crippen LogP contribution in [-0.4, -0.2) is 54.8 Å². The molecule has 1 aromatic heterocycles. The lowest BCUT2D eigenvalue weighted by Gasteiger charge is -2.43. The zero-order valence-electron chi connectivity index (χ0n) is 14.0. The van der Waals surface area contributed by atoms with Crippen molar-refractivity contribution in [3.8, 4) is 0 Å². The van der Waals surface area contributed by atoms with E-state index >= 15 is 0 Å². The summed E-state index contributed by atoms with van der Waals surface area (Å²) in [6.45, 7) is 10.0. The third kappa shape index (κ3) is 4.01. The molecule has 2 heterocycles. The highest BCUT2D eigenvalue weighted by atomic mass is 32.3. The van der Waals surface area contributed by atoms with Crippen molar-refractivity contribution in [1.29, 1.82) is 0 Å². The van der Waals surface area contributed by atoms with Crippen molar-refractivity contribution in [2.45, 2.75) is 32.1 Å². The SMILES string of the molecule is CC(C)(C)S(C)(C)OCc1nc(N2CCOCC2)sc1C=O. The molecule has 1 fully saturated rings. The van der Waals surface area contributed by atoms with Crippen LogP contribution in [0.2, 0.25) is 0 Å². The highest BCUT2D eigenvalue weighted by molar-refractivity contribution is 8.29. The van der Waals surface area contributed by atoms with E-state index in [-0.39, 0.29) is 4.75 Å². The molecule has 0 unspecified atom stereocenters. The number of hydrogen-bond donors (Lipinski definition) is 0. The van der Waals surface area contributed by atoms with Gasteiger partial charge in [0.15, 0.2) is 11.4 Å². The van der Waals surface area contributed by atoms with Crippen LogP contribution < -0.4 is 4.90 Å². The van der Waals surface area contributed by atoms with Gasteiger partial charge in [0.25, 0.3) is 0 Å². The lowest BCUT2D eigenvalue weighted by molar-refractivity contribution is 0.112. The molecule has 1 aliphatic rings. The Balaban J connectivity index is 2.10. The number of carbonyl (C=O) groups excluding carboxylic acids is 1. The van der Waals surface area contributed by atoms with Gasteiger partial charge in [-0.3, -0.25) is 4.79 Å². The van der Waals surface area contributed by atoms with Crippen LogP contribution in [0.5, 0.6) is 0 Å². The molecule has 1 aromatic rings. The average Bonchev–Trinajstić information content (AvgIpc) is 2.88. The summed E-state index contributed by atoms with van der Waals surface area (Å²) >= 11 is 1.44. The van der Waals surface area contributed by atoms with Crippen molar-refractivity contribution >= 4 is 33.1 Å². The van der Waals surface area contributed by atoms with Gasteiger partial charge < -0.3 is 13.8 Å². The highest BCUT2D eigenvalue weighted by Gasteiger charge is 2.29. The fourth-order valence-corrected chi connectivity index (χ4v) is 3.51. The summed E-state index contributed by atoms with van der Waals surface area (Å²) < 4.78 is 11.6. The summed E-state index contributed by atoms with van der Waals surface area (Å²) in [6.07, 6.45) is 5.20. The maximum Gasteiger partial charge on any atom is 0.186 e. The minimum absolute atomic E-state index is 0.0946. The van der Waals surface area contributed by atoms with Crippen LogP contribution in [0, 0.1) is 0 Å². The summed E-state index contributed by atoms with van der Waals surface area (Å²) in [7, 11) is -1.22. The van der Waals surface area contributed by atoms with Gasteiger partial charge in [0.2, 0.25) is 0 Å². The molecule has 0 atom stereocenters. The van der Waals surface area contributed by atoms with Gasteiger partial charge in [-0.1, -0.05) is 32.1 Å². The maximum atomic E-state index is 11.3. The van der Waals surface area contributed by atoms with Crippen molar-refractivity contribution in [1.82, 2.24) is 4.98 Å². The molecule has 2 rings (SSSR count). The van der Waals surface area contributed by atoms with Crippen LogP contribution in [0.1, 0.15) is 36.1 Å². The molecule has 0 amide bonds. The largest absolute Gasteiger partial charge is 0.378 e. The first-order valence-corrected chi connectivity index (χ1v) is 10.6. The molecule has 0 radical (unpaired) electrons. The second-order valence-corrected chi connectivity index (χ2v) is 11.6. The fourth-order valence-electron chi connectivity index (χ4n) is 1.82. The second kappa shape index (κ2) is 6.86. The molecule has 0 saturated carbocycles. The second-order valence-electron chi connectivity index (χ2n) is 6.63. The standard InChI is InChI=1S/C15H26N2O3S2/c1-15(2,3)22(4,5)20-11-12-13(10-18)21-14(16-12)17-6-8-19-9-7-17/h10H,6-9,11H2,1-5H3. The smallest absolute Gasteiger partial charge is 0.186 e. The molecule has 1 saturated heterocycles. The zero-order valence-corrected chi connectivity index (χ0v) is 15.7. The molecule has 126 valence electrons. The van der Waals surface area contributed by atoms with Crippen molar-refractivity contribution in [2.75, 3.05) is 43.7 Å². The number of thiazole rings is 1. The first kappa shape index (κ1) is 17.7. The van der Waals surface area contributed by atoms with Gasteiger partial charge >= 0.3 is 0 Å². The number of hydrogen-bond acceptors (Lipinski definition) is 6. The Morgan fingerprint density at radius 2 is 2.00 bits per heavy atom. The first-order valence-electron chi connectivity index (χ1n) is 7.39. The third-order valence-electron chi connectivity index (χ3n) is 4.07. The summed E-state index contributed by atoms with van der Waals surface area (Å²) in [6, 6.07) is 0. The number of rotatable bonds is 5. The van der Waals surface area contributed by atoms with E-state index < -0.39 is 10.3 Å². The van der Waals surface area contributed by atoms with Gasteiger partial charge in [-0.15, -0.1) is 10.3 Å². The van der Waals surface area contributed by atoms with Crippen molar-refractivity contribution in [3.63, 3.8) is 0 Å². The van der Waals surface area contributed by atoms with Crippen LogP contribution in [0.4, 0.5) is 5.13 Å². The number of nitrogens with zero attached hydrogens (tertiary/aromatic N) is 2. The maximum absolute atomic E-state index is 11.3. The molecule has 0 aromatic carbocycles. The van der Waals surface area contributed by atoms with E-state index in [1.54, 1.807) is 0 Å². The van der Waals surface area contributed by atoms with Crippen LogP contribution in [0.15, 0.2) is 0 Å². The van der Waals surface area contributed by atoms with Gasteiger partial charge in [-0.2, -0.15) is 0 Å². The molecule has 7 heteroatoms. The lowest BCUT2D eigenvalue weighted by Crippen LogP contribution is -2.36. The molecule has 5 nitrogen and oxygen atoms in total. The number of aromatic nitrogens is 1. The monoisotopic (exact) mass is 346 g/mol. The van der Waals surface area contributed by atoms with Gasteiger partial charge in [-0.25, -0.2) is 4.98 Å². The molecular formula is C15H26N2O3S2.